The molecule has 2 aliphatic heterocycles. The van der Waals surface area contributed by atoms with E-state index in [1.54, 1.807) is 22.8 Å². The summed E-state index contributed by atoms with van der Waals surface area (Å²) in [5.74, 6) is 1.86. The lowest BCUT2D eigenvalue weighted by atomic mass is 9.94. The standard InChI is InChI=1S/C29H34N6O5S/c1-5-41-29-32-28-30-19(3)25(27(37)31-21-8-6-7-18(2)15-21)26(35(28)33-29)20-9-10-22(23(16-20)38-4)40-17-24(36)34-11-13-39-14-12-34/h6-10,15-16,26H,5,11-14,17H2,1-4H3,(H,31,37)(H,30,32,33). The Hall–Kier alpha value is -4.03. The van der Waals surface area contributed by atoms with E-state index < -0.39 is 6.04 Å². The van der Waals surface area contributed by atoms with Crippen LogP contribution >= 0.6 is 11.8 Å². The minimum absolute atomic E-state index is 0.111. The van der Waals surface area contributed by atoms with Gasteiger partial charge in [0.15, 0.2) is 18.1 Å². The highest BCUT2D eigenvalue weighted by Crippen LogP contribution is 2.40. The van der Waals surface area contributed by atoms with E-state index >= 15 is 0 Å². The Balaban J connectivity index is 1.46. The quantitative estimate of drug-likeness (QED) is 0.365. The average molecular weight is 579 g/mol. The molecule has 5 rings (SSSR count). The fraction of sp³-hybridized carbons (Fsp3) is 0.379. The maximum atomic E-state index is 13.8. The molecule has 2 aromatic carbocycles. The minimum Gasteiger partial charge on any atom is -0.493 e. The highest BCUT2D eigenvalue weighted by molar-refractivity contribution is 7.99. The summed E-state index contributed by atoms with van der Waals surface area (Å²) in [5.41, 5.74) is 3.66. The molecule has 3 aromatic rings. The van der Waals surface area contributed by atoms with Gasteiger partial charge in [-0.1, -0.05) is 36.9 Å². The monoisotopic (exact) mass is 578 g/mol. The molecule has 41 heavy (non-hydrogen) atoms. The number of nitrogens with one attached hydrogen (secondary N) is 2. The van der Waals surface area contributed by atoms with Gasteiger partial charge in [0.1, 0.15) is 6.04 Å². The third-order valence-corrected chi connectivity index (χ3v) is 7.57. The van der Waals surface area contributed by atoms with E-state index in [0.29, 0.717) is 65.9 Å². The number of thioether (sulfide) groups is 1. The number of rotatable bonds is 9. The number of fused-ring (bicyclic) bond motifs is 1. The molecule has 1 saturated heterocycles. The molecular weight excluding hydrogens is 544 g/mol. The number of methoxy groups -OCH3 is 1. The lowest BCUT2D eigenvalue weighted by molar-refractivity contribution is -0.137. The van der Waals surface area contributed by atoms with Gasteiger partial charge < -0.3 is 29.7 Å². The predicted molar refractivity (Wildman–Crippen MR) is 157 cm³/mol. The van der Waals surface area contributed by atoms with E-state index in [0.717, 1.165) is 16.9 Å². The smallest absolute Gasteiger partial charge is 0.260 e. The third-order valence-electron chi connectivity index (χ3n) is 6.85. The maximum absolute atomic E-state index is 13.8. The van der Waals surface area contributed by atoms with Crippen LogP contribution in [0.25, 0.3) is 0 Å². The summed E-state index contributed by atoms with van der Waals surface area (Å²) in [5, 5.41) is 11.6. The maximum Gasteiger partial charge on any atom is 0.260 e. The van der Waals surface area contributed by atoms with E-state index in [9.17, 15) is 9.59 Å². The molecular formula is C29H34N6O5S. The molecule has 1 fully saturated rings. The minimum atomic E-state index is -0.590. The van der Waals surface area contributed by atoms with E-state index in [4.69, 9.17) is 19.3 Å². The summed E-state index contributed by atoms with van der Waals surface area (Å²) in [4.78, 5) is 32.8. The summed E-state index contributed by atoms with van der Waals surface area (Å²) in [6.07, 6.45) is 0. The first kappa shape index (κ1) is 28.5. The van der Waals surface area contributed by atoms with Crippen molar-refractivity contribution in [3.8, 4) is 11.5 Å². The van der Waals surface area contributed by atoms with Crippen LogP contribution in [0.15, 0.2) is 58.9 Å². The zero-order chi connectivity index (χ0) is 28.9. The van der Waals surface area contributed by atoms with Gasteiger partial charge in [0.2, 0.25) is 11.1 Å². The molecule has 0 radical (unpaired) electrons. The number of carbonyl (C=O) groups excluding carboxylic acids is 2. The summed E-state index contributed by atoms with van der Waals surface area (Å²) in [7, 11) is 1.54. The van der Waals surface area contributed by atoms with Gasteiger partial charge in [-0.2, -0.15) is 4.98 Å². The summed E-state index contributed by atoms with van der Waals surface area (Å²) in [6, 6.07) is 12.5. The largest absolute Gasteiger partial charge is 0.493 e. The molecule has 1 unspecified atom stereocenters. The van der Waals surface area contributed by atoms with Crippen molar-refractivity contribution in [3.05, 3.63) is 64.9 Å². The summed E-state index contributed by atoms with van der Waals surface area (Å²) < 4.78 is 18.6. The van der Waals surface area contributed by atoms with Crippen LogP contribution in [-0.2, 0) is 14.3 Å². The molecule has 0 bridgehead atoms. The van der Waals surface area contributed by atoms with Crippen molar-refractivity contribution in [1.82, 2.24) is 19.7 Å². The van der Waals surface area contributed by atoms with Gasteiger partial charge in [-0.3, -0.25) is 9.59 Å². The number of anilines is 2. The third kappa shape index (κ3) is 6.33. The molecule has 2 aliphatic rings. The number of allylic oxidation sites excluding steroid dienone is 1. The van der Waals surface area contributed by atoms with Gasteiger partial charge in [-0.05, 0) is 55.0 Å². The Morgan fingerprint density at radius 1 is 1.15 bits per heavy atom. The van der Waals surface area contributed by atoms with Crippen LogP contribution in [0.4, 0.5) is 11.6 Å². The van der Waals surface area contributed by atoms with E-state index in [2.05, 4.69) is 15.6 Å². The van der Waals surface area contributed by atoms with Gasteiger partial charge in [0.05, 0.1) is 25.9 Å². The highest BCUT2D eigenvalue weighted by Gasteiger charge is 2.35. The Bertz CT molecular complexity index is 1470. The van der Waals surface area contributed by atoms with Gasteiger partial charge >= 0.3 is 0 Å². The topological polar surface area (TPSA) is 120 Å². The van der Waals surface area contributed by atoms with Crippen molar-refractivity contribution in [3.63, 3.8) is 0 Å². The molecule has 1 aromatic heterocycles. The van der Waals surface area contributed by atoms with Crippen molar-refractivity contribution in [2.24, 2.45) is 0 Å². The summed E-state index contributed by atoms with van der Waals surface area (Å²) >= 11 is 1.52. The average Bonchev–Trinajstić information content (AvgIpc) is 3.37. The molecule has 12 heteroatoms. The second-order valence-corrected chi connectivity index (χ2v) is 10.9. The van der Waals surface area contributed by atoms with Gasteiger partial charge in [-0.25, -0.2) is 4.68 Å². The van der Waals surface area contributed by atoms with Gasteiger partial charge in [0, 0.05) is 24.5 Å². The molecule has 0 saturated carbocycles. The molecule has 216 valence electrons. The van der Waals surface area contributed by atoms with Gasteiger partial charge in [0.25, 0.3) is 11.8 Å². The van der Waals surface area contributed by atoms with E-state index in [1.807, 2.05) is 57.2 Å². The van der Waals surface area contributed by atoms with Crippen molar-refractivity contribution < 1.29 is 23.8 Å². The van der Waals surface area contributed by atoms with Crippen LogP contribution in [0.3, 0.4) is 0 Å². The predicted octanol–water partition coefficient (Wildman–Crippen LogP) is 3.87. The molecule has 3 heterocycles. The molecule has 2 amide bonds. The van der Waals surface area contributed by atoms with E-state index in [1.165, 1.54) is 11.8 Å². The number of benzene rings is 2. The molecule has 11 nitrogen and oxygen atoms in total. The SMILES string of the molecule is CCSc1nc2n(n1)C(c1ccc(OCC(=O)N3CCOCC3)c(OC)c1)C(C(=O)Nc1cccc(C)c1)=C(C)N2. The van der Waals surface area contributed by atoms with E-state index in [-0.39, 0.29) is 18.4 Å². The first-order valence-electron chi connectivity index (χ1n) is 13.5. The Morgan fingerprint density at radius 2 is 1.95 bits per heavy atom. The molecule has 0 aliphatic carbocycles. The van der Waals surface area contributed by atoms with Gasteiger partial charge in [-0.15, -0.1) is 5.10 Å². The number of amides is 2. The van der Waals surface area contributed by atoms with Crippen LogP contribution in [0.1, 0.15) is 31.0 Å². The van der Waals surface area contributed by atoms with Crippen LogP contribution in [0, 0.1) is 6.92 Å². The van der Waals surface area contributed by atoms with Crippen molar-refractivity contribution in [2.45, 2.75) is 32.0 Å². The highest BCUT2D eigenvalue weighted by atomic mass is 32.2. The number of nitrogens with zero attached hydrogens (tertiary/aromatic N) is 4. The summed E-state index contributed by atoms with van der Waals surface area (Å²) in [6.45, 7) is 7.89. The fourth-order valence-electron chi connectivity index (χ4n) is 4.86. The zero-order valence-corrected chi connectivity index (χ0v) is 24.4. The fourth-order valence-corrected chi connectivity index (χ4v) is 5.42. The number of aryl methyl sites for hydroxylation is 1. The first-order chi connectivity index (χ1) is 19.9. The Labute approximate surface area is 243 Å². The lowest BCUT2D eigenvalue weighted by Gasteiger charge is -2.29. The number of morpholine rings is 1. The number of ether oxygens (including phenoxy) is 3. The van der Waals surface area contributed by atoms with Crippen LogP contribution in [-0.4, -0.2) is 77.3 Å². The molecule has 2 N–H and O–H groups in total. The van der Waals surface area contributed by atoms with Crippen LogP contribution in [0.5, 0.6) is 11.5 Å². The molecule has 1 atom stereocenters. The van der Waals surface area contributed by atoms with Crippen LogP contribution < -0.4 is 20.1 Å². The van der Waals surface area contributed by atoms with Crippen molar-refractivity contribution in [1.29, 1.82) is 0 Å². The second kappa shape index (κ2) is 12.6. The van der Waals surface area contributed by atoms with Crippen molar-refractivity contribution in [2.75, 3.05) is 56.4 Å². The Kier molecular flexibility index (Phi) is 8.79. The van der Waals surface area contributed by atoms with Crippen LogP contribution in [0.2, 0.25) is 0 Å². The number of hydrogen-bond acceptors (Lipinski definition) is 9. The first-order valence-corrected chi connectivity index (χ1v) is 14.5. The molecule has 0 spiro atoms. The number of carbonyl (C=O) groups is 2. The second-order valence-electron chi connectivity index (χ2n) is 9.68. The zero-order valence-electron chi connectivity index (χ0n) is 23.6. The van der Waals surface area contributed by atoms with Crippen molar-refractivity contribution >= 4 is 35.2 Å². The normalized spacial score (nSPS) is 16.6. The number of aromatic nitrogens is 3. The Morgan fingerprint density at radius 3 is 2.68 bits per heavy atom. The lowest BCUT2D eigenvalue weighted by Crippen LogP contribution is -2.43. The number of hydrogen-bond donors (Lipinski definition) is 2.